The maximum absolute atomic E-state index is 11.6. The van der Waals surface area contributed by atoms with Gasteiger partial charge in [-0.25, -0.2) is 4.79 Å². The predicted octanol–water partition coefficient (Wildman–Crippen LogP) is 0.429. The van der Waals surface area contributed by atoms with E-state index in [0.717, 1.165) is 17.8 Å². The van der Waals surface area contributed by atoms with Crippen LogP contribution in [0.4, 0.5) is 10.5 Å². The minimum Gasteiger partial charge on any atom is -0.396 e. The summed E-state index contributed by atoms with van der Waals surface area (Å²) < 4.78 is 0. The second kappa shape index (κ2) is 7.03. The summed E-state index contributed by atoms with van der Waals surface area (Å²) in [4.78, 5) is 45.1. The summed E-state index contributed by atoms with van der Waals surface area (Å²) in [5.41, 5.74) is -0.264. The van der Waals surface area contributed by atoms with Crippen molar-refractivity contribution in [3.63, 3.8) is 0 Å². The molecule has 0 bridgehead atoms. The number of nitrogens with zero attached hydrogens (tertiary/aromatic N) is 1. The van der Waals surface area contributed by atoms with Gasteiger partial charge in [0.1, 0.15) is 5.57 Å². The van der Waals surface area contributed by atoms with Gasteiger partial charge in [-0.15, -0.1) is 11.8 Å². The summed E-state index contributed by atoms with van der Waals surface area (Å²) in [5, 5.41) is 23.7. The van der Waals surface area contributed by atoms with Crippen molar-refractivity contribution in [3.05, 3.63) is 39.4 Å². The third-order valence-corrected chi connectivity index (χ3v) is 3.83. The van der Waals surface area contributed by atoms with E-state index in [1.54, 1.807) is 0 Å². The van der Waals surface area contributed by atoms with Gasteiger partial charge in [-0.3, -0.25) is 30.3 Å². The molecule has 9 nitrogen and oxygen atoms in total. The Bertz CT molecular complexity index is 708. The zero-order valence-corrected chi connectivity index (χ0v) is 12.4. The molecule has 0 radical (unpaired) electrons. The topological polar surface area (TPSA) is 139 Å². The number of hydrogen-bond acceptors (Lipinski definition) is 7. The van der Waals surface area contributed by atoms with Crippen LogP contribution >= 0.6 is 11.8 Å². The van der Waals surface area contributed by atoms with Crippen molar-refractivity contribution < 1.29 is 24.4 Å². The smallest absolute Gasteiger partial charge is 0.328 e. The Morgan fingerprint density at radius 2 is 1.87 bits per heavy atom. The lowest BCUT2D eigenvalue weighted by Gasteiger charge is -2.13. The van der Waals surface area contributed by atoms with Gasteiger partial charge in [0.05, 0.1) is 16.4 Å². The molecule has 0 saturated carbocycles. The van der Waals surface area contributed by atoms with Gasteiger partial charge < -0.3 is 5.11 Å². The van der Waals surface area contributed by atoms with Crippen LogP contribution in [0.3, 0.4) is 0 Å². The lowest BCUT2D eigenvalue weighted by atomic mass is 10.1. The number of rotatable bonds is 5. The highest BCUT2D eigenvalue weighted by atomic mass is 32.2. The summed E-state index contributed by atoms with van der Waals surface area (Å²) in [7, 11) is 0. The van der Waals surface area contributed by atoms with E-state index in [-0.39, 0.29) is 23.4 Å². The highest BCUT2D eigenvalue weighted by molar-refractivity contribution is 7.99. The first-order valence-electron chi connectivity index (χ1n) is 6.33. The average Bonchev–Trinajstić information content (AvgIpc) is 2.49. The Labute approximate surface area is 133 Å². The summed E-state index contributed by atoms with van der Waals surface area (Å²) in [6.45, 7) is -0.123. The van der Waals surface area contributed by atoms with Crippen molar-refractivity contribution in [3.8, 4) is 0 Å². The first-order valence-corrected chi connectivity index (χ1v) is 7.31. The predicted molar refractivity (Wildman–Crippen MR) is 80.6 cm³/mol. The van der Waals surface area contributed by atoms with Gasteiger partial charge in [-0.1, -0.05) is 6.07 Å². The number of amides is 4. The molecule has 4 amide bonds. The minimum atomic E-state index is -0.918. The van der Waals surface area contributed by atoms with Crippen LogP contribution in [0.5, 0.6) is 0 Å². The summed E-state index contributed by atoms with van der Waals surface area (Å²) >= 11 is 1.12. The van der Waals surface area contributed by atoms with Gasteiger partial charge in [-0.05, 0) is 17.7 Å². The molecular weight excluding hydrogens is 326 g/mol. The number of thioether (sulfide) groups is 1. The van der Waals surface area contributed by atoms with Crippen LogP contribution in [0.15, 0.2) is 28.7 Å². The molecule has 1 fully saturated rings. The van der Waals surface area contributed by atoms with E-state index in [2.05, 4.69) is 0 Å². The fourth-order valence-electron chi connectivity index (χ4n) is 1.82. The van der Waals surface area contributed by atoms with Gasteiger partial charge in [0.15, 0.2) is 0 Å². The number of hydrogen-bond donors (Lipinski definition) is 3. The summed E-state index contributed by atoms with van der Waals surface area (Å²) in [6.07, 6.45) is 1.16. The molecule has 2 rings (SSSR count). The maximum atomic E-state index is 11.6. The number of urea groups is 1. The summed E-state index contributed by atoms with van der Waals surface area (Å²) in [6, 6.07) is 3.26. The zero-order valence-electron chi connectivity index (χ0n) is 11.6. The van der Waals surface area contributed by atoms with Crippen LogP contribution < -0.4 is 10.6 Å². The molecule has 1 heterocycles. The maximum Gasteiger partial charge on any atom is 0.328 e. The van der Waals surface area contributed by atoms with E-state index in [9.17, 15) is 24.5 Å². The number of imide groups is 2. The number of benzene rings is 1. The number of nitro benzene ring substituents is 1. The lowest BCUT2D eigenvalue weighted by molar-refractivity contribution is -0.387. The Morgan fingerprint density at radius 1 is 1.22 bits per heavy atom. The van der Waals surface area contributed by atoms with E-state index in [0.29, 0.717) is 10.6 Å². The molecule has 0 atom stereocenters. The molecule has 1 aliphatic rings. The number of nitro groups is 1. The SMILES string of the molecule is O=C1NC(=O)C(=Cc2ccc(SCCO)c([N+](=O)[O-])c2)C(=O)N1. The molecule has 1 aliphatic heterocycles. The third-order valence-electron chi connectivity index (χ3n) is 2.78. The van der Waals surface area contributed by atoms with Gasteiger partial charge in [-0.2, -0.15) is 0 Å². The molecule has 23 heavy (non-hydrogen) atoms. The van der Waals surface area contributed by atoms with Crippen LogP contribution in [0.2, 0.25) is 0 Å². The van der Waals surface area contributed by atoms with E-state index in [1.165, 1.54) is 18.2 Å². The zero-order chi connectivity index (χ0) is 17.0. The Morgan fingerprint density at radius 3 is 2.43 bits per heavy atom. The highest BCUT2D eigenvalue weighted by Gasteiger charge is 2.28. The van der Waals surface area contributed by atoms with Crippen molar-refractivity contribution in [2.45, 2.75) is 4.90 Å². The second-order valence-corrected chi connectivity index (χ2v) is 5.49. The van der Waals surface area contributed by atoms with Crippen LogP contribution in [0.1, 0.15) is 5.56 Å². The van der Waals surface area contributed by atoms with Crippen LogP contribution in [0.25, 0.3) is 6.08 Å². The van der Waals surface area contributed by atoms with Crippen molar-refractivity contribution in [1.29, 1.82) is 0 Å². The highest BCUT2D eigenvalue weighted by Crippen LogP contribution is 2.30. The monoisotopic (exact) mass is 337 g/mol. The quantitative estimate of drug-likeness (QED) is 0.233. The van der Waals surface area contributed by atoms with E-state index in [1.807, 2.05) is 10.6 Å². The Kier molecular flexibility index (Phi) is 5.09. The lowest BCUT2D eigenvalue weighted by Crippen LogP contribution is -2.51. The van der Waals surface area contributed by atoms with E-state index < -0.39 is 22.8 Å². The molecule has 120 valence electrons. The molecule has 0 aromatic heterocycles. The van der Waals surface area contributed by atoms with Crippen LogP contribution in [0, 0.1) is 10.1 Å². The number of barbiturate groups is 1. The van der Waals surface area contributed by atoms with Gasteiger partial charge in [0.2, 0.25) is 0 Å². The van der Waals surface area contributed by atoms with Gasteiger partial charge in [0, 0.05) is 11.8 Å². The van der Waals surface area contributed by atoms with Gasteiger partial charge in [0.25, 0.3) is 17.5 Å². The van der Waals surface area contributed by atoms with Crippen molar-refractivity contribution >= 4 is 41.4 Å². The van der Waals surface area contributed by atoms with Gasteiger partial charge >= 0.3 is 6.03 Å². The van der Waals surface area contributed by atoms with Crippen molar-refractivity contribution in [1.82, 2.24) is 10.6 Å². The largest absolute Gasteiger partial charge is 0.396 e. The number of carbonyl (C=O) groups is 3. The molecule has 0 aliphatic carbocycles. The number of aliphatic hydroxyl groups excluding tert-OH is 1. The first-order chi connectivity index (χ1) is 10.9. The fraction of sp³-hybridized carbons (Fsp3) is 0.154. The Hall–Kier alpha value is -2.72. The third kappa shape index (κ3) is 3.93. The molecule has 3 N–H and O–H groups in total. The van der Waals surface area contributed by atoms with E-state index in [4.69, 9.17) is 5.11 Å². The molecule has 0 unspecified atom stereocenters. The van der Waals surface area contributed by atoms with Crippen molar-refractivity contribution in [2.75, 3.05) is 12.4 Å². The molecule has 1 aromatic rings. The number of nitrogens with one attached hydrogen (secondary N) is 2. The minimum absolute atomic E-state index is 0.123. The van der Waals surface area contributed by atoms with Crippen LogP contribution in [-0.4, -0.2) is 40.2 Å². The molecular formula is C13H11N3O6S. The fourth-order valence-corrected chi connectivity index (χ4v) is 2.57. The molecule has 10 heteroatoms. The first kappa shape index (κ1) is 16.6. The number of carbonyl (C=O) groups excluding carboxylic acids is 3. The average molecular weight is 337 g/mol. The Balaban J connectivity index is 2.36. The molecule has 1 aromatic carbocycles. The number of aliphatic hydroxyl groups is 1. The van der Waals surface area contributed by atoms with Crippen molar-refractivity contribution in [2.24, 2.45) is 0 Å². The summed E-state index contributed by atoms with van der Waals surface area (Å²) in [5.74, 6) is -1.45. The standard InChI is InChI=1S/C13H11N3O6S/c17-3-4-23-10-2-1-7(6-9(10)16(21)22)5-8-11(18)14-13(20)15-12(8)19/h1-2,5-6,17H,3-4H2,(H2,14,15,18,19,20). The molecule has 0 spiro atoms. The van der Waals surface area contributed by atoms with E-state index >= 15 is 0 Å². The molecule has 1 saturated heterocycles. The second-order valence-electron chi connectivity index (χ2n) is 4.35. The normalized spacial score (nSPS) is 14.3. The van der Waals surface area contributed by atoms with Crippen LogP contribution in [-0.2, 0) is 9.59 Å².